The molecule has 2 aromatic carbocycles. The third kappa shape index (κ3) is 3.24. The highest BCUT2D eigenvalue weighted by Crippen LogP contribution is 2.38. The highest BCUT2D eigenvalue weighted by atomic mass is 16.2. The van der Waals surface area contributed by atoms with Crippen molar-refractivity contribution >= 4 is 44.8 Å². The van der Waals surface area contributed by atoms with Crippen molar-refractivity contribution in [3.8, 4) is 0 Å². The number of carbonyl (C=O) groups excluding carboxylic acids is 2. The van der Waals surface area contributed by atoms with E-state index in [9.17, 15) is 9.59 Å². The fraction of sp³-hybridized carbons (Fsp3) is 0.231. The maximum absolute atomic E-state index is 13.0. The van der Waals surface area contributed by atoms with Gasteiger partial charge in [-0.25, -0.2) is 0 Å². The van der Waals surface area contributed by atoms with Crippen LogP contribution in [-0.2, 0) is 16.1 Å². The highest BCUT2D eigenvalue weighted by Gasteiger charge is 2.35. The Bertz CT molecular complexity index is 1390. The Morgan fingerprint density at radius 2 is 1.69 bits per heavy atom. The molecule has 0 unspecified atom stereocenters. The number of aryl methyl sites for hydroxylation is 2. The minimum absolute atomic E-state index is 0.344. The van der Waals surface area contributed by atoms with Gasteiger partial charge in [-0.15, -0.1) is 0 Å². The second-order valence-corrected chi connectivity index (χ2v) is 8.20. The summed E-state index contributed by atoms with van der Waals surface area (Å²) in [6.07, 6.45) is 4.83. The summed E-state index contributed by atoms with van der Waals surface area (Å²) in [5.41, 5.74) is 5.62. The van der Waals surface area contributed by atoms with E-state index < -0.39 is 0 Å². The molecule has 0 saturated heterocycles. The van der Waals surface area contributed by atoms with Crippen molar-refractivity contribution in [1.82, 2.24) is 20.2 Å². The van der Waals surface area contributed by atoms with Crippen LogP contribution in [0, 0.1) is 6.92 Å². The van der Waals surface area contributed by atoms with Crippen molar-refractivity contribution in [2.75, 3.05) is 13.1 Å². The van der Waals surface area contributed by atoms with E-state index in [4.69, 9.17) is 0 Å². The number of H-pyrrole nitrogens is 1. The maximum Gasteiger partial charge on any atom is 0.259 e. The number of hydrogen-bond donors (Lipinski definition) is 3. The molecule has 0 aliphatic carbocycles. The van der Waals surface area contributed by atoms with Crippen LogP contribution in [0.15, 0.2) is 54.9 Å². The zero-order valence-corrected chi connectivity index (χ0v) is 18.3. The lowest BCUT2D eigenvalue weighted by Crippen LogP contribution is -2.22. The SMILES string of the molecule is CCNCCCn1cc(C2=C(c3c[nH]c4ccccc34)C(=O)NC2=O)c2cccc(C)c21. The van der Waals surface area contributed by atoms with Crippen LogP contribution in [0.2, 0.25) is 0 Å². The minimum Gasteiger partial charge on any atom is -0.361 e. The summed E-state index contributed by atoms with van der Waals surface area (Å²) in [7, 11) is 0. The van der Waals surface area contributed by atoms with Crippen LogP contribution >= 0.6 is 0 Å². The monoisotopic (exact) mass is 426 g/mol. The third-order valence-corrected chi connectivity index (χ3v) is 6.16. The van der Waals surface area contributed by atoms with Gasteiger partial charge in [-0.2, -0.15) is 0 Å². The summed E-state index contributed by atoms with van der Waals surface area (Å²) in [6.45, 7) is 6.89. The smallest absolute Gasteiger partial charge is 0.259 e. The molecule has 3 heterocycles. The Labute approximate surface area is 186 Å². The molecule has 1 aliphatic heterocycles. The number of aromatic amines is 1. The first kappa shape index (κ1) is 20.3. The van der Waals surface area contributed by atoms with Gasteiger partial charge in [0.05, 0.1) is 16.7 Å². The first-order valence-electron chi connectivity index (χ1n) is 11.1. The molecule has 0 atom stereocenters. The average Bonchev–Trinajstić information content (AvgIpc) is 3.45. The number of fused-ring (bicyclic) bond motifs is 2. The van der Waals surface area contributed by atoms with Crippen molar-refractivity contribution in [2.24, 2.45) is 0 Å². The van der Waals surface area contributed by atoms with E-state index in [0.717, 1.165) is 64.6 Å². The lowest BCUT2D eigenvalue weighted by molar-refractivity contribution is -0.122. The molecule has 0 saturated carbocycles. The molecule has 2 amide bonds. The predicted molar refractivity (Wildman–Crippen MR) is 128 cm³/mol. The fourth-order valence-corrected chi connectivity index (χ4v) is 4.72. The first-order valence-corrected chi connectivity index (χ1v) is 11.1. The average molecular weight is 427 g/mol. The largest absolute Gasteiger partial charge is 0.361 e. The van der Waals surface area contributed by atoms with Crippen LogP contribution in [0.5, 0.6) is 0 Å². The maximum atomic E-state index is 13.0. The van der Waals surface area contributed by atoms with Crippen LogP contribution in [0.1, 0.15) is 30.0 Å². The summed E-state index contributed by atoms with van der Waals surface area (Å²) >= 11 is 0. The summed E-state index contributed by atoms with van der Waals surface area (Å²) in [5, 5.41) is 7.81. The number of carbonyl (C=O) groups is 2. The van der Waals surface area contributed by atoms with Crippen molar-refractivity contribution in [2.45, 2.75) is 26.8 Å². The van der Waals surface area contributed by atoms with E-state index in [-0.39, 0.29) is 11.8 Å². The Morgan fingerprint density at radius 3 is 2.50 bits per heavy atom. The Morgan fingerprint density at radius 1 is 0.938 bits per heavy atom. The molecule has 4 aromatic rings. The van der Waals surface area contributed by atoms with Crippen LogP contribution < -0.4 is 10.6 Å². The normalized spacial score (nSPS) is 14.2. The highest BCUT2D eigenvalue weighted by molar-refractivity contribution is 6.50. The molecular formula is C26H26N4O2. The van der Waals surface area contributed by atoms with Gasteiger partial charge in [-0.3, -0.25) is 14.9 Å². The number of rotatable bonds is 7. The van der Waals surface area contributed by atoms with Crippen molar-refractivity contribution < 1.29 is 9.59 Å². The number of amides is 2. The standard InChI is InChI=1S/C26H26N4O2/c1-3-27-12-7-13-30-15-20(18-10-6-8-16(2)24(18)30)23-22(25(31)29-26(23)32)19-14-28-21-11-5-4-9-17(19)21/h4-6,8-11,14-15,27-28H,3,7,12-13H2,1-2H3,(H,29,31,32). The summed E-state index contributed by atoms with van der Waals surface area (Å²) in [5.74, 6) is -0.695. The molecular weight excluding hydrogens is 400 g/mol. The van der Waals surface area contributed by atoms with Crippen LogP contribution in [0.4, 0.5) is 0 Å². The van der Waals surface area contributed by atoms with Gasteiger partial charge in [0, 0.05) is 46.4 Å². The number of benzene rings is 2. The molecule has 1 aliphatic rings. The van der Waals surface area contributed by atoms with E-state index in [0.29, 0.717) is 11.1 Å². The Hall–Kier alpha value is -3.64. The van der Waals surface area contributed by atoms with Crippen molar-refractivity contribution in [3.05, 3.63) is 71.5 Å². The summed E-state index contributed by atoms with van der Waals surface area (Å²) in [6, 6.07) is 13.9. The predicted octanol–water partition coefficient (Wildman–Crippen LogP) is 4.00. The lowest BCUT2D eigenvalue weighted by Gasteiger charge is -2.07. The zero-order chi connectivity index (χ0) is 22.2. The number of nitrogens with one attached hydrogen (secondary N) is 3. The molecule has 32 heavy (non-hydrogen) atoms. The molecule has 0 bridgehead atoms. The zero-order valence-electron chi connectivity index (χ0n) is 18.3. The summed E-state index contributed by atoms with van der Waals surface area (Å²) in [4.78, 5) is 29.2. The summed E-state index contributed by atoms with van der Waals surface area (Å²) < 4.78 is 2.22. The molecule has 6 heteroatoms. The van der Waals surface area contributed by atoms with E-state index >= 15 is 0 Å². The number of nitrogens with zero attached hydrogens (tertiary/aromatic N) is 1. The van der Waals surface area contributed by atoms with Crippen LogP contribution in [0.3, 0.4) is 0 Å². The van der Waals surface area contributed by atoms with Crippen LogP contribution in [0.25, 0.3) is 33.0 Å². The van der Waals surface area contributed by atoms with Crippen LogP contribution in [-0.4, -0.2) is 34.5 Å². The van der Waals surface area contributed by atoms with Crippen molar-refractivity contribution in [3.63, 3.8) is 0 Å². The number of para-hydroxylation sites is 2. The lowest BCUT2D eigenvalue weighted by atomic mass is 9.95. The minimum atomic E-state index is -0.351. The fourth-order valence-electron chi connectivity index (χ4n) is 4.72. The molecule has 162 valence electrons. The molecule has 6 nitrogen and oxygen atoms in total. The van der Waals surface area contributed by atoms with Gasteiger partial charge < -0.3 is 14.9 Å². The molecule has 0 spiro atoms. The number of imide groups is 1. The topological polar surface area (TPSA) is 78.9 Å². The van der Waals surface area contributed by atoms with E-state index in [2.05, 4.69) is 40.1 Å². The first-order chi connectivity index (χ1) is 15.6. The van der Waals surface area contributed by atoms with E-state index in [1.165, 1.54) is 0 Å². The molecule has 3 N–H and O–H groups in total. The number of hydrogen-bond acceptors (Lipinski definition) is 3. The molecule has 0 fully saturated rings. The molecule has 2 aromatic heterocycles. The van der Waals surface area contributed by atoms with E-state index in [1.807, 2.05) is 48.8 Å². The van der Waals surface area contributed by atoms with Gasteiger partial charge in [-0.1, -0.05) is 43.3 Å². The van der Waals surface area contributed by atoms with Gasteiger partial charge in [0.1, 0.15) is 0 Å². The van der Waals surface area contributed by atoms with Crippen molar-refractivity contribution in [1.29, 1.82) is 0 Å². The second-order valence-electron chi connectivity index (χ2n) is 8.20. The van der Waals surface area contributed by atoms with Gasteiger partial charge in [-0.05, 0) is 38.1 Å². The second kappa shape index (κ2) is 8.13. The Balaban J connectivity index is 1.71. The Kier molecular flexibility index (Phi) is 5.15. The van der Waals surface area contributed by atoms with Gasteiger partial charge in [0.25, 0.3) is 11.8 Å². The quantitative estimate of drug-likeness (QED) is 0.309. The number of aromatic nitrogens is 2. The van der Waals surface area contributed by atoms with E-state index in [1.54, 1.807) is 0 Å². The third-order valence-electron chi connectivity index (χ3n) is 6.16. The van der Waals surface area contributed by atoms with Gasteiger partial charge in [0.2, 0.25) is 0 Å². The van der Waals surface area contributed by atoms with Gasteiger partial charge in [0.15, 0.2) is 0 Å². The molecule has 0 radical (unpaired) electrons. The van der Waals surface area contributed by atoms with Gasteiger partial charge >= 0.3 is 0 Å². The molecule has 5 rings (SSSR count).